The van der Waals surface area contributed by atoms with Crippen molar-refractivity contribution in [3.63, 3.8) is 0 Å². The van der Waals surface area contributed by atoms with E-state index >= 15 is 0 Å². The van der Waals surface area contributed by atoms with Crippen LogP contribution in [0.4, 0.5) is 0 Å². The lowest BCUT2D eigenvalue weighted by atomic mass is 9.95. The van der Waals surface area contributed by atoms with Gasteiger partial charge in [-0.25, -0.2) is 4.79 Å². The van der Waals surface area contributed by atoms with Crippen LogP contribution in [0.2, 0.25) is 0 Å². The van der Waals surface area contributed by atoms with E-state index in [1.807, 2.05) is 30.3 Å². The first kappa shape index (κ1) is 23.6. The van der Waals surface area contributed by atoms with Crippen LogP contribution >= 0.6 is 11.8 Å². The quantitative estimate of drug-likeness (QED) is 0.560. The second kappa shape index (κ2) is 10.5. The largest absolute Gasteiger partial charge is 0.480 e. The van der Waals surface area contributed by atoms with Gasteiger partial charge in [0, 0.05) is 5.75 Å². The van der Waals surface area contributed by atoms with E-state index in [2.05, 4.69) is 5.32 Å². The topological polar surface area (TPSA) is 95.9 Å². The second-order valence-electron chi connectivity index (χ2n) is 8.35. The molecule has 1 amide bonds. The highest BCUT2D eigenvalue weighted by Crippen LogP contribution is 2.44. The maximum Gasteiger partial charge on any atom is 0.326 e. The Bertz CT molecular complexity index is 781. The van der Waals surface area contributed by atoms with Crippen molar-refractivity contribution in [1.29, 1.82) is 0 Å². The maximum atomic E-state index is 13.5. The molecule has 3 rings (SSSR count). The fraction of sp³-hybridized carbons (Fsp3) is 0.609. The summed E-state index contributed by atoms with van der Waals surface area (Å²) in [6.07, 6.45) is 3.16. The Morgan fingerprint density at radius 1 is 1.29 bits per heavy atom. The summed E-state index contributed by atoms with van der Waals surface area (Å²) in [6.45, 7) is 3.73. The normalized spacial score (nSPS) is 24.8. The Kier molecular flexibility index (Phi) is 8.00. The number of amides is 1. The number of thioether (sulfide) groups is 1. The Labute approximate surface area is 187 Å². The number of hydrogen-bond donors (Lipinski definition) is 2. The van der Waals surface area contributed by atoms with Crippen LogP contribution in [-0.2, 0) is 25.5 Å². The fourth-order valence-electron chi connectivity index (χ4n) is 4.64. The number of rotatable bonds is 9. The summed E-state index contributed by atoms with van der Waals surface area (Å²) in [5, 5.41) is 12.9. The summed E-state index contributed by atoms with van der Waals surface area (Å²) in [4.78, 5) is 39.5. The van der Waals surface area contributed by atoms with Crippen LogP contribution in [0.15, 0.2) is 30.3 Å². The molecule has 2 aliphatic rings. The molecule has 8 heteroatoms. The molecule has 1 spiro atoms. The van der Waals surface area contributed by atoms with Gasteiger partial charge < -0.3 is 14.7 Å². The van der Waals surface area contributed by atoms with E-state index in [9.17, 15) is 19.5 Å². The highest BCUT2D eigenvalue weighted by molar-refractivity contribution is 7.99. The predicted molar refractivity (Wildman–Crippen MR) is 120 cm³/mol. The van der Waals surface area contributed by atoms with Gasteiger partial charge in [-0.3, -0.25) is 14.9 Å². The van der Waals surface area contributed by atoms with Crippen LogP contribution in [-0.4, -0.2) is 69.6 Å². The Hall–Kier alpha value is -2.06. The zero-order valence-electron chi connectivity index (χ0n) is 18.2. The van der Waals surface area contributed by atoms with E-state index in [0.29, 0.717) is 25.7 Å². The standard InChI is InChI=1S/C23H32N2O5S/c1-3-30-22(29)18(10-9-17-7-5-4-6-8-17)24-16(2)20(26)25-19(21(27)28)11-12-23(25)13-14-31-15-23/h4-8,16,18-19,24H,3,9-15H2,1-2H3,(H,27,28)/t16?,18-,19-,23?/m0/s1. The molecule has 0 aromatic heterocycles. The van der Waals surface area contributed by atoms with Crippen LogP contribution < -0.4 is 5.32 Å². The van der Waals surface area contributed by atoms with E-state index in [1.54, 1.807) is 30.5 Å². The van der Waals surface area contributed by atoms with Crippen molar-refractivity contribution in [2.75, 3.05) is 18.1 Å². The predicted octanol–water partition coefficient (Wildman–Crippen LogP) is 2.48. The number of benzene rings is 1. The van der Waals surface area contributed by atoms with Gasteiger partial charge in [-0.05, 0) is 57.3 Å². The molecule has 0 saturated carbocycles. The number of nitrogens with zero attached hydrogens (tertiary/aromatic N) is 1. The van der Waals surface area contributed by atoms with Gasteiger partial charge in [0.05, 0.1) is 18.2 Å². The van der Waals surface area contributed by atoms with E-state index in [-0.39, 0.29) is 24.0 Å². The third-order valence-electron chi connectivity index (χ3n) is 6.27. The van der Waals surface area contributed by atoms with Crippen LogP contribution in [0.5, 0.6) is 0 Å². The smallest absolute Gasteiger partial charge is 0.326 e. The Morgan fingerprint density at radius 3 is 2.65 bits per heavy atom. The molecule has 7 nitrogen and oxygen atoms in total. The number of carboxylic acids is 1. The zero-order valence-corrected chi connectivity index (χ0v) is 19.0. The van der Waals surface area contributed by atoms with Crippen molar-refractivity contribution in [2.45, 2.75) is 69.6 Å². The minimum Gasteiger partial charge on any atom is -0.480 e. The minimum atomic E-state index is -0.958. The van der Waals surface area contributed by atoms with Gasteiger partial charge in [-0.1, -0.05) is 30.3 Å². The van der Waals surface area contributed by atoms with Gasteiger partial charge in [0.2, 0.25) is 5.91 Å². The van der Waals surface area contributed by atoms with Gasteiger partial charge in [0.15, 0.2) is 0 Å². The van der Waals surface area contributed by atoms with Gasteiger partial charge in [0.1, 0.15) is 12.1 Å². The molecule has 4 atom stereocenters. The van der Waals surface area contributed by atoms with E-state index in [4.69, 9.17) is 4.74 Å². The Balaban J connectivity index is 1.72. The lowest BCUT2D eigenvalue weighted by Gasteiger charge is -2.39. The first-order chi connectivity index (χ1) is 14.9. The van der Waals surface area contributed by atoms with E-state index in [1.165, 1.54) is 0 Å². The first-order valence-corrected chi connectivity index (χ1v) is 12.1. The van der Waals surface area contributed by atoms with Crippen molar-refractivity contribution in [3.05, 3.63) is 35.9 Å². The van der Waals surface area contributed by atoms with Crippen molar-refractivity contribution in [1.82, 2.24) is 10.2 Å². The van der Waals surface area contributed by atoms with E-state index in [0.717, 1.165) is 23.5 Å². The summed E-state index contributed by atoms with van der Waals surface area (Å²) < 4.78 is 5.23. The van der Waals surface area contributed by atoms with Crippen LogP contribution in [0.1, 0.15) is 45.1 Å². The number of hydrogen-bond acceptors (Lipinski definition) is 6. The van der Waals surface area contributed by atoms with Crippen LogP contribution in [0.25, 0.3) is 0 Å². The first-order valence-electron chi connectivity index (χ1n) is 11.0. The molecular formula is C23H32N2O5S. The molecule has 1 aromatic rings. The lowest BCUT2D eigenvalue weighted by Crippen LogP contribution is -2.59. The number of aliphatic carboxylic acids is 1. The monoisotopic (exact) mass is 448 g/mol. The molecule has 0 bridgehead atoms. The molecule has 2 N–H and O–H groups in total. The number of esters is 1. The number of likely N-dealkylation sites (tertiary alicyclic amines) is 1. The second-order valence-corrected chi connectivity index (χ2v) is 9.45. The molecule has 2 aliphatic heterocycles. The zero-order chi connectivity index (χ0) is 22.4. The summed E-state index contributed by atoms with van der Waals surface area (Å²) in [5.74, 6) is 0.104. The molecule has 0 radical (unpaired) electrons. The number of ether oxygens (including phenoxy) is 1. The summed E-state index contributed by atoms with van der Waals surface area (Å²) in [6, 6.07) is 7.71. The lowest BCUT2D eigenvalue weighted by molar-refractivity contribution is -0.153. The third-order valence-corrected chi connectivity index (χ3v) is 7.50. The van der Waals surface area contributed by atoms with Gasteiger partial charge in [0.25, 0.3) is 0 Å². The Morgan fingerprint density at radius 2 is 2.03 bits per heavy atom. The summed E-state index contributed by atoms with van der Waals surface area (Å²) >= 11 is 1.77. The highest BCUT2D eigenvalue weighted by Gasteiger charge is 2.53. The molecule has 1 aromatic carbocycles. The van der Waals surface area contributed by atoms with E-state index < -0.39 is 24.1 Å². The van der Waals surface area contributed by atoms with Crippen LogP contribution in [0, 0.1) is 0 Å². The number of aryl methyl sites for hydroxylation is 1. The van der Waals surface area contributed by atoms with Gasteiger partial charge in [-0.2, -0.15) is 11.8 Å². The average Bonchev–Trinajstić information content (AvgIpc) is 3.38. The van der Waals surface area contributed by atoms with Crippen molar-refractivity contribution < 1.29 is 24.2 Å². The fourth-order valence-corrected chi connectivity index (χ4v) is 6.12. The maximum absolute atomic E-state index is 13.5. The average molecular weight is 449 g/mol. The minimum absolute atomic E-state index is 0.249. The summed E-state index contributed by atoms with van der Waals surface area (Å²) in [5.41, 5.74) is 0.717. The molecule has 170 valence electrons. The van der Waals surface area contributed by atoms with Gasteiger partial charge in [-0.15, -0.1) is 0 Å². The number of carbonyl (C=O) groups is 3. The van der Waals surface area contributed by atoms with Crippen molar-refractivity contribution in [3.8, 4) is 0 Å². The molecule has 2 unspecified atom stereocenters. The third kappa shape index (κ3) is 5.41. The molecule has 2 heterocycles. The highest BCUT2D eigenvalue weighted by atomic mass is 32.2. The molecule has 2 fully saturated rings. The molecule has 31 heavy (non-hydrogen) atoms. The number of carbonyl (C=O) groups excluding carboxylic acids is 2. The SMILES string of the molecule is CCOC(=O)[C@H](CCc1ccccc1)NC(C)C(=O)N1[C@H](C(=O)O)CCC12CCSC2. The van der Waals surface area contributed by atoms with Crippen molar-refractivity contribution >= 4 is 29.6 Å². The number of carboxylic acid groups (broad SMARTS) is 1. The van der Waals surface area contributed by atoms with Gasteiger partial charge >= 0.3 is 11.9 Å². The number of nitrogens with one attached hydrogen (secondary N) is 1. The van der Waals surface area contributed by atoms with Crippen LogP contribution in [0.3, 0.4) is 0 Å². The summed E-state index contributed by atoms with van der Waals surface area (Å²) in [7, 11) is 0. The molecule has 0 aliphatic carbocycles. The molecule has 2 saturated heterocycles. The molecular weight excluding hydrogens is 416 g/mol. The van der Waals surface area contributed by atoms with Crippen molar-refractivity contribution in [2.24, 2.45) is 0 Å².